The molecule has 0 aliphatic rings. The molecule has 0 amide bonds. The zero-order valence-electron chi connectivity index (χ0n) is 16.6. The maximum Gasteiger partial charge on any atom is 0.490 e. The number of halogens is 3. The maximum atomic E-state index is 10.6. The highest BCUT2D eigenvalue weighted by Crippen LogP contribution is 2.29. The smallest absolute Gasteiger partial charge is 0.475 e. The molecule has 4 N–H and O–H groups in total. The fourth-order valence-corrected chi connectivity index (χ4v) is 2.58. The van der Waals surface area contributed by atoms with E-state index in [1.165, 1.54) is 0 Å². The number of nitrogens with two attached hydrogens (primary N) is 1. The molecule has 0 aliphatic carbocycles. The van der Waals surface area contributed by atoms with Crippen LogP contribution < -0.4 is 5.73 Å². The molecule has 0 aliphatic heterocycles. The average Bonchev–Trinajstić information content (AvgIpc) is 3.28. The highest BCUT2D eigenvalue weighted by Gasteiger charge is 2.38. The van der Waals surface area contributed by atoms with Gasteiger partial charge in [-0.25, -0.2) is 4.79 Å². The van der Waals surface area contributed by atoms with E-state index >= 15 is 0 Å². The number of benzene rings is 1. The van der Waals surface area contributed by atoms with Crippen molar-refractivity contribution < 1.29 is 27.6 Å². The molecule has 2 heterocycles. The second-order valence-electron chi connectivity index (χ2n) is 6.93. The summed E-state index contributed by atoms with van der Waals surface area (Å²) in [4.78, 5) is 13.3. The van der Waals surface area contributed by atoms with Crippen molar-refractivity contribution in [2.45, 2.75) is 39.4 Å². The third-order valence-corrected chi connectivity index (χ3v) is 4.01. The Morgan fingerprint density at radius 3 is 2.40 bits per heavy atom. The molecule has 3 aromatic rings. The van der Waals surface area contributed by atoms with Crippen molar-refractivity contribution >= 4 is 5.97 Å². The van der Waals surface area contributed by atoms with E-state index in [0.717, 1.165) is 28.9 Å². The highest BCUT2D eigenvalue weighted by molar-refractivity contribution is 5.73. The van der Waals surface area contributed by atoms with Crippen LogP contribution in [0.3, 0.4) is 0 Å². The minimum Gasteiger partial charge on any atom is -0.475 e. The van der Waals surface area contributed by atoms with Crippen LogP contribution in [0.15, 0.2) is 34.9 Å². The molecule has 11 heteroatoms. The van der Waals surface area contributed by atoms with E-state index in [2.05, 4.69) is 34.2 Å². The normalized spacial score (nSPS) is 12.4. The van der Waals surface area contributed by atoms with E-state index < -0.39 is 12.1 Å². The third kappa shape index (κ3) is 5.89. The second kappa shape index (κ2) is 9.53. The van der Waals surface area contributed by atoms with Crippen LogP contribution >= 0.6 is 0 Å². The van der Waals surface area contributed by atoms with Crippen LogP contribution in [-0.2, 0) is 4.79 Å². The average molecular weight is 425 g/mol. The van der Waals surface area contributed by atoms with Crippen molar-refractivity contribution in [3.8, 4) is 22.8 Å². The molecule has 8 nitrogen and oxygen atoms in total. The van der Waals surface area contributed by atoms with Gasteiger partial charge in [0.25, 0.3) is 5.89 Å². The van der Waals surface area contributed by atoms with Crippen LogP contribution in [0.5, 0.6) is 0 Å². The zero-order valence-corrected chi connectivity index (χ0v) is 16.6. The number of carboxylic acid groups (broad SMARTS) is 1. The summed E-state index contributed by atoms with van der Waals surface area (Å²) in [6, 6.07) is 9.77. The zero-order chi connectivity index (χ0) is 22.5. The lowest BCUT2D eigenvalue weighted by Crippen LogP contribution is -2.21. The largest absolute Gasteiger partial charge is 0.490 e. The van der Waals surface area contributed by atoms with E-state index in [4.69, 9.17) is 20.2 Å². The van der Waals surface area contributed by atoms with Gasteiger partial charge in [0.15, 0.2) is 5.82 Å². The van der Waals surface area contributed by atoms with Crippen molar-refractivity contribution in [3.63, 3.8) is 0 Å². The number of alkyl halides is 3. The Bertz CT molecular complexity index is 967. The summed E-state index contributed by atoms with van der Waals surface area (Å²) < 4.78 is 37.1. The van der Waals surface area contributed by atoms with Crippen LogP contribution in [-0.4, -0.2) is 37.6 Å². The highest BCUT2D eigenvalue weighted by atomic mass is 19.4. The molecule has 0 bridgehead atoms. The summed E-state index contributed by atoms with van der Waals surface area (Å²) in [5.41, 5.74) is 9.75. The number of nitrogens with zero attached hydrogens (tertiary/aromatic N) is 3. The minimum absolute atomic E-state index is 0.218. The Hall–Kier alpha value is -3.21. The van der Waals surface area contributed by atoms with E-state index in [0.29, 0.717) is 17.6 Å². The van der Waals surface area contributed by atoms with Gasteiger partial charge in [0.2, 0.25) is 0 Å². The fourth-order valence-electron chi connectivity index (χ4n) is 2.58. The van der Waals surface area contributed by atoms with Gasteiger partial charge in [-0.1, -0.05) is 49.3 Å². The first-order valence-corrected chi connectivity index (χ1v) is 9.00. The molecule has 0 fully saturated rings. The molecule has 2 aromatic heterocycles. The first kappa shape index (κ1) is 23.1. The topological polar surface area (TPSA) is 131 Å². The molecule has 3 rings (SSSR count). The molecular weight excluding hydrogens is 403 g/mol. The Kier molecular flexibility index (Phi) is 7.33. The summed E-state index contributed by atoms with van der Waals surface area (Å²) in [6.07, 6.45) is -4.27. The summed E-state index contributed by atoms with van der Waals surface area (Å²) in [5.74, 6) is -1.33. The van der Waals surface area contributed by atoms with Gasteiger partial charge in [0, 0.05) is 11.1 Å². The summed E-state index contributed by atoms with van der Waals surface area (Å²) in [7, 11) is 0. The maximum absolute atomic E-state index is 10.6. The molecule has 0 spiro atoms. The molecule has 0 saturated carbocycles. The standard InChI is InChI=1S/C17H21N5O.C2HF3O2/c1-10(2)9-13(18)16-19-17(23-22-16)15-11(3)14(20-21-15)12-7-5-4-6-8-12;3-2(4,5)1(6)7/h4-8,10,13H,9,18H2,1-3H3,(H,20,21);(H,6,7). The van der Waals surface area contributed by atoms with Gasteiger partial charge in [-0.15, -0.1) is 0 Å². The SMILES string of the molecule is Cc1c(-c2ccccc2)n[nH]c1-c1nc(C(N)CC(C)C)no1.O=C(O)C(F)(F)F. The Labute approximate surface area is 170 Å². The predicted molar refractivity (Wildman–Crippen MR) is 102 cm³/mol. The Morgan fingerprint density at radius 1 is 1.27 bits per heavy atom. The fraction of sp³-hybridized carbons (Fsp3) is 0.368. The number of aliphatic carboxylic acids is 1. The van der Waals surface area contributed by atoms with Gasteiger partial charge < -0.3 is 15.4 Å². The monoisotopic (exact) mass is 425 g/mol. The number of carboxylic acids is 1. The van der Waals surface area contributed by atoms with Crippen molar-refractivity contribution in [2.24, 2.45) is 11.7 Å². The van der Waals surface area contributed by atoms with Gasteiger partial charge in [-0.3, -0.25) is 5.10 Å². The molecular formula is C19H22F3N5O3. The summed E-state index contributed by atoms with van der Waals surface area (Å²) in [5, 5.41) is 18.5. The third-order valence-electron chi connectivity index (χ3n) is 4.01. The molecule has 162 valence electrons. The first-order chi connectivity index (χ1) is 14.0. The van der Waals surface area contributed by atoms with Crippen LogP contribution in [0.2, 0.25) is 0 Å². The number of nitrogens with one attached hydrogen (secondary N) is 1. The van der Waals surface area contributed by atoms with Crippen molar-refractivity contribution in [1.29, 1.82) is 0 Å². The van der Waals surface area contributed by atoms with Gasteiger partial charge in [-0.2, -0.15) is 23.3 Å². The Balaban J connectivity index is 0.000000396. The van der Waals surface area contributed by atoms with Crippen LogP contribution in [0, 0.1) is 12.8 Å². The first-order valence-electron chi connectivity index (χ1n) is 9.00. The number of carbonyl (C=O) groups is 1. The number of hydrogen-bond donors (Lipinski definition) is 3. The number of H-pyrrole nitrogens is 1. The van der Waals surface area contributed by atoms with Crippen molar-refractivity contribution in [3.05, 3.63) is 41.7 Å². The van der Waals surface area contributed by atoms with Crippen molar-refractivity contribution in [2.75, 3.05) is 0 Å². The van der Waals surface area contributed by atoms with E-state index in [1.54, 1.807) is 0 Å². The number of hydrogen-bond acceptors (Lipinski definition) is 6. The summed E-state index contributed by atoms with van der Waals surface area (Å²) >= 11 is 0. The van der Waals surface area contributed by atoms with E-state index in [9.17, 15) is 13.2 Å². The van der Waals surface area contributed by atoms with Gasteiger partial charge in [0.1, 0.15) is 5.69 Å². The van der Waals surface area contributed by atoms with Crippen LogP contribution in [0.1, 0.15) is 37.7 Å². The molecule has 0 saturated heterocycles. The molecule has 30 heavy (non-hydrogen) atoms. The summed E-state index contributed by atoms with van der Waals surface area (Å²) in [6.45, 7) is 6.22. The Morgan fingerprint density at radius 2 is 1.87 bits per heavy atom. The number of rotatable bonds is 5. The molecule has 1 aromatic carbocycles. The molecule has 1 unspecified atom stereocenters. The van der Waals surface area contributed by atoms with Crippen LogP contribution in [0.25, 0.3) is 22.8 Å². The second-order valence-corrected chi connectivity index (χ2v) is 6.93. The molecule has 1 atom stereocenters. The lowest BCUT2D eigenvalue weighted by Gasteiger charge is -2.08. The quantitative estimate of drug-likeness (QED) is 0.560. The van der Waals surface area contributed by atoms with Gasteiger partial charge in [-0.05, 0) is 19.3 Å². The lowest BCUT2D eigenvalue weighted by molar-refractivity contribution is -0.192. The van der Waals surface area contributed by atoms with Gasteiger partial charge in [0.05, 0.1) is 11.7 Å². The predicted octanol–water partition coefficient (Wildman–Crippen LogP) is 4.11. The number of aromatic amines is 1. The molecule has 0 radical (unpaired) electrons. The van der Waals surface area contributed by atoms with E-state index in [1.807, 2.05) is 37.3 Å². The van der Waals surface area contributed by atoms with Gasteiger partial charge >= 0.3 is 12.1 Å². The number of aromatic nitrogens is 4. The van der Waals surface area contributed by atoms with E-state index in [-0.39, 0.29) is 6.04 Å². The minimum atomic E-state index is -5.08. The lowest BCUT2D eigenvalue weighted by atomic mass is 10.0. The van der Waals surface area contributed by atoms with Crippen LogP contribution in [0.4, 0.5) is 13.2 Å². The van der Waals surface area contributed by atoms with Crippen molar-refractivity contribution in [1.82, 2.24) is 20.3 Å².